The van der Waals surface area contributed by atoms with Crippen molar-refractivity contribution in [2.45, 2.75) is 46.3 Å². The summed E-state index contributed by atoms with van der Waals surface area (Å²) in [7, 11) is 0. The standard InChI is InChI=1S/C15H24ClNO/c1-5-9-17-15(10-18-11(2)3)13-7-6-8-14(16)12(13)4/h6-8,11,15,17H,5,9-10H2,1-4H3. The van der Waals surface area contributed by atoms with Gasteiger partial charge in [0.2, 0.25) is 0 Å². The highest BCUT2D eigenvalue weighted by Gasteiger charge is 2.15. The molecule has 0 aliphatic heterocycles. The molecule has 1 rings (SSSR count). The third kappa shape index (κ3) is 4.60. The molecule has 0 aliphatic rings. The Balaban J connectivity index is 2.83. The smallest absolute Gasteiger partial charge is 0.0665 e. The molecule has 0 fully saturated rings. The Morgan fingerprint density at radius 2 is 2.06 bits per heavy atom. The van der Waals surface area contributed by atoms with E-state index >= 15 is 0 Å². The van der Waals surface area contributed by atoms with Crippen LogP contribution >= 0.6 is 11.6 Å². The summed E-state index contributed by atoms with van der Waals surface area (Å²) < 4.78 is 5.74. The van der Waals surface area contributed by atoms with Gasteiger partial charge in [-0.2, -0.15) is 0 Å². The minimum absolute atomic E-state index is 0.214. The molecular formula is C15H24ClNO. The summed E-state index contributed by atoms with van der Waals surface area (Å²) in [5.41, 5.74) is 2.37. The molecule has 0 amide bonds. The van der Waals surface area contributed by atoms with Crippen LogP contribution < -0.4 is 5.32 Å². The zero-order valence-electron chi connectivity index (χ0n) is 11.8. The Bertz CT molecular complexity index is 366. The maximum Gasteiger partial charge on any atom is 0.0665 e. The van der Waals surface area contributed by atoms with E-state index in [9.17, 15) is 0 Å². The van der Waals surface area contributed by atoms with Crippen LogP contribution in [0.1, 0.15) is 44.4 Å². The van der Waals surface area contributed by atoms with Gasteiger partial charge in [0.15, 0.2) is 0 Å². The molecule has 1 atom stereocenters. The number of benzene rings is 1. The number of ether oxygens (including phenoxy) is 1. The lowest BCUT2D eigenvalue weighted by Gasteiger charge is -2.22. The van der Waals surface area contributed by atoms with Crippen molar-refractivity contribution >= 4 is 11.6 Å². The molecule has 1 unspecified atom stereocenters. The first kappa shape index (κ1) is 15.5. The third-order valence-corrected chi connectivity index (χ3v) is 3.33. The van der Waals surface area contributed by atoms with E-state index in [1.54, 1.807) is 0 Å². The number of hydrogen-bond donors (Lipinski definition) is 1. The quantitative estimate of drug-likeness (QED) is 0.804. The van der Waals surface area contributed by atoms with Gasteiger partial charge >= 0.3 is 0 Å². The Kier molecular flexibility index (Phi) is 6.69. The van der Waals surface area contributed by atoms with Gasteiger partial charge < -0.3 is 10.1 Å². The molecule has 18 heavy (non-hydrogen) atoms. The van der Waals surface area contributed by atoms with Gasteiger partial charge in [-0.25, -0.2) is 0 Å². The van der Waals surface area contributed by atoms with Gasteiger partial charge in [-0.15, -0.1) is 0 Å². The summed E-state index contributed by atoms with van der Waals surface area (Å²) >= 11 is 6.19. The molecule has 102 valence electrons. The first-order chi connectivity index (χ1) is 8.56. The fourth-order valence-electron chi connectivity index (χ4n) is 1.87. The van der Waals surface area contributed by atoms with Crippen molar-refractivity contribution in [1.82, 2.24) is 5.32 Å². The maximum absolute atomic E-state index is 6.19. The number of halogens is 1. The lowest BCUT2D eigenvalue weighted by atomic mass is 10.0. The molecule has 1 N–H and O–H groups in total. The first-order valence-corrected chi connectivity index (χ1v) is 7.04. The van der Waals surface area contributed by atoms with Gasteiger partial charge in [-0.05, 0) is 50.9 Å². The van der Waals surface area contributed by atoms with Crippen LogP contribution in [0.4, 0.5) is 0 Å². The van der Waals surface area contributed by atoms with E-state index in [0.29, 0.717) is 6.61 Å². The van der Waals surface area contributed by atoms with Crippen LogP contribution in [-0.4, -0.2) is 19.3 Å². The zero-order valence-corrected chi connectivity index (χ0v) is 12.6. The van der Waals surface area contributed by atoms with E-state index < -0.39 is 0 Å². The molecule has 0 spiro atoms. The molecule has 0 saturated heterocycles. The predicted octanol–water partition coefficient (Wildman–Crippen LogP) is 4.11. The molecule has 1 aromatic carbocycles. The van der Waals surface area contributed by atoms with Gasteiger partial charge in [0.25, 0.3) is 0 Å². The molecule has 2 nitrogen and oxygen atoms in total. The number of nitrogens with one attached hydrogen (secondary N) is 1. The van der Waals surface area contributed by atoms with E-state index in [1.807, 2.05) is 12.1 Å². The fourth-order valence-corrected chi connectivity index (χ4v) is 2.05. The second kappa shape index (κ2) is 7.78. The van der Waals surface area contributed by atoms with Crippen LogP contribution in [0.5, 0.6) is 0 Å². The largest absolute Gasteiger partial charge is 0.377 e. The van der Waals surface area contributed by atoms with Gasteiger partial charge in [0.05, 0.1) is 18.8 Å². The molecular weight excluding hydrogens is 246 g/mol. The highest BCUT2D eigenvalue weighted by atomic mass is 35.5. The molecule has 1 aromatic rings. The first-order valence-electron chi connectivity index (χ1n) is 6.66. The molecule has 0 aromatic heterocycles. The Labute approximate surface area is 116 Å². The molecule has 0 bridgehead atoms. The van der Waals surface area contributed by atoms with Crippen LogP contribution in [0.15, 0.2) is 18.2 Å². The topological polar surface area (TPSA) is 21.3 Å². The summed E-state index contributed by atoms with van der Waals surface area (Å²) in [6.45, 7) is 10.0. The van der Waals surface area contributed by atoms with E-state index in [4.69, 9.17) is 16.3 Å². The van der Waals surface area contributed by atoms with Crippen molar-refractivity contribution in [2.75, 3.05) is 13.2 Å². The molecule has 0 saturated carbocycles. The maximum atomic E-state index is 6.19. The molecule has 0 aliphatic carbocycles. The molecule has 0 radical (unpaired) electrons. The average Bonchev–Trinajstić information content (AvgIpc) is 2.33. The van der Waals surface area contributed by atoms with Crippen molar-refractivity contribution in [3.8, 4) is 0 Å². The van der Waals surface area contributed by atoms with Crippen LogP contribution in [0.25, 0.3) is 0 Å². The summed E-state index contributed by atoms with van der Waals surface area (Å²) in [4.78, 5) is 0. The normalized spacial score (nSPS) is 13.0. The Morgan fingerprint density at radius 3 is 2.67 bits per heavy atom. The van der Waals surface area contributed by atoms with Gasteiger partial charge in [-0.3, -0.25) is 0 Å². The van der Waals surface area contributed by atoms with Crippen LogP contribution in [0, 0.1) is 6.92 Å². The van der Waals surface area contributed by atoms with Crippen LogP contribution in [-0.2, 0) is 4.74 Å². The van der Waals surface area contributed by atoms with Crippen molar-refractivity contribution in [3.63, 3.8) is 0 Å². The Hall–Kier alpha value is -0.570. The van der Waals surface area contributed by atoms with Crippen molar-refractivity contribution in [3.05, 3.63) is 34.3 Å². The van der Waals surface area contributed by atoms with Crippen LogP contribution in [0.2, 0.25) is 5.02 Å². The summed E-state index contributed by atoms with van der Waals surface area (Å²) in [6, 6.07) is 6.27. The van der Waals surface area contributed by atoms with Gasteiger partial charge in [0, 0.05) is 5.02 Å². The van der Waals surface area contributed by atoms with E-state index in [2.05, 4.69) is 39.1 Å². The highest BCUT2D eigenvalue weighted by Crippen LogP contribution is 2.24. The van der Waals surface area contributed by atoms with Crippen molar-refractivity contribution in [1.29, 1.82) is 0 Å². The highest BCUT2D eigenvalue weighted by molar-refractivity contribution is 6.31. The lowest BCUT2D eigenvalue weighted by molar-refractivity contribution is 0.0610. The lowest BCUT2D eigenvalue weighted by Crippen LogP contribution is -2.28. The average molecular weight is 270 g/mol. The van der Waals surface area contributed by atoms with E-state index in [1.165, 1.54) is 5.56 Å². The SMILES string of the molecule is CCCNC(COC(C)C)c1cccc(Cl)c1C. The number of hydrogen-bond acceptors (Lipinski definition) is 2. The summed E-state index contributed by atoms with van der Waals surface area (Å²) in [5, 5.41) is 4.35. The van der Waals surface area contributed by atoms with E-state index in [-0.39, 0.29) is 12.1 Å². The minimum Gasteiger partial charge on any atom is -0.377 e. The summed E-state index contributed by atoms with van der Waals surface area (Å²) in [6.07, 6.45) is 1.35. The van der Waals surface area contributed by atoms with Crippen LogP contribution in [0.3, 0.4) is 0 Å². The predicted molar refractivity (Wildman–Crippen MR) is 78.3 cm³/mol. The second-order valence-electron chi connectivity index (χ2n) is 4.84. The second-order valence-corrected chi connectivity index (χ2v) is 5.25. The summed E-state index contributed by atoms with van der Waals surface area (Å²) in [5.74, 6) is 0. The van der Waals surface area contributed by atoms with Gasteiger partial charge in [-0.1, -0.05) is 30.7 Å². The fraction of sp³-hybridized carbons (Fsp3) is 0.600. The monoisotopic (exact) mass is 269 g/mol. The molecule has 3 heteroatoms. The number of rotatable bonds is 7. The van der Waals surface area contributed by atoms with Gasteiger partial charge in [0.1, 0.15) is 0 Å². The Morgan fingerprint density at radius 1 is 1.33 bits per heavy atom. The van der Waals surface area contributed by atoms with Crippen molar-refractivity contribution < 1.29 is 4.74 Å². The molecule has 0 heterocycles. The van der Waals surface area contributed by atoms with Crippen molar-refractivity contribution in [2.24, 2.45) is 0 Å². The minimum atomic E-state index is 0.214. The zero-order chi connectivity index (χ0) is 13.5. The van der Waals surface area contributed by atoms with E-state index in [0.717, 1.165) is 23.6 Å². The third-order valence-electron chi connectivity index (χ3n) is 2.92.